The van der Waals surface area contributed by atoms with Crippen LogP contribution in [-0.4, -0.2) is 29.0 Å². The predicted molar refractivity (Wildman–Crippen MR) is 100 cm³/mol. The van der Waals surface area contributed by atoms with Gasteiger partial charge in [-0.1, -0.05) is 29.4 Å². The van der Waals surface area contributed by atoms with Gasteiger partial charge in [0.25, 0.3) is 11.8 Å². The van der Waals surface area contributed by atoms with Crippen LogP contribution in [0.2, 0.25) is 0 Å². The quantitative estimate of drug-likeness (QED) is 0.525. The number of benzene rings is 2. The third-order valence-corrected chi connectivity index (χ3v) is 4.14. The van der Waals surface area contributed by atoms with E-state index in [9.17, 15) is 9.59 Å². The van der Waals surface area contributed by atoms with Crippen LogP contribution in [0.1, 0.15) is 27.6 Å². The molecule has 4 aromatic rings. The number of carbonyl (C=O) groups is 2. The molecule has 0 saturated carbocycles. The molecule has 0 bridgehead atoms. The normalized spacial score (nSPS) is 10.8. The molecule has 4 rings (SSSR count). The lowest BCUT2D eigenvalue weighted by atomic mass is 10.1. The molecule has 140 valence electrons. The Labute approximate surface area is 159 Å². The highest BCUT2D eigenvalue weighted by atomic mass is 16.5. The summed E-state index contributed by atoms with van der Waals surface area (Å²) in [5.74, 6) is 0.567. The van der Waals surface area contributed by atoms with E-state index in [1.165, 1.54) is 6.92 Å². The van der Waals surface area contributed by atoms with Crippen molar-refractivity contribution < 1.29 is 23.2 Å². The Morgan fingerprint density at radius 1 is 1.00 bits per heavy atom. The molecule has 8 nitrogen and oxygen atoms in total. The van der Waals surface area contributed by atoms with Crippen LogP contribution in [0.3, 0.4) is 0 Å². The van der Waals surface area contributed by atoms with E-state index in [0.717, 1.165) is 5.39 Å². The third kappa shape index (κ3) is 3.23. The van der Waals surface area contributed by atoms with Crippen molar-refractivity contribution in [1.82, 2.24) is 10.2 Å². The minimum Gasteiger partial charge on any atom is -0.493 e. The molecule has 2 aromatic carbocycles. The van der Waals surface area contributed by atoms with E-state index < -0.39 is 5.91 Å². The van der Waals surface area contributed by atoms with Gasteiger partial charge in [-0.3, -0.25) is 14.9 Å². The van der Waals surface area contributed by atoms with Gasteiger partial charge in [-0.15, -0.1) is 5.10 Å². The summed E-state index contributed by atoms with van der Waals surface area (Å²) in [6.07, 6.45) is 0. The highest BCUT2D eigenvalue weighted by Crippen LogP contribution is 2.33. The number of nitrogens with one attached hydrogen (secondary N) is 1. The second kappa shape index (κ2) is 6.99. The van der Waals surface area contributed by atoms with Gasteiger partial charge in [-0.25, -0.2) is 0 Å². The van der Waals surface area contributed by atoms with Gasteiger partial charge in [0.1, 0.15) is 0 Å². The van der Waals surface area contributed by atoms with Crippen molar-refractivity contribution in [3.63, 3.8) is 0 Å². The van der Waals surface area contributed by atoms with E-state index in [1.807, 2.05) is 12.1 Å². The van der Waals surface area contributed by atoms with Gasteiger partial charge in [0.15, 0.2) is 22.9 Å². The number of para-hydroxylation sites is 1. The van der Waals surface area contributed by atoms with E-state index in [2.05, 4.69) is 15.5 Å². The number of anilines is 1. The number of hydrogen-bond donors (Lipinski definition) is 1. The molecule has 0 radical (unpaired) electrons. The zero-order chi connectivity index (χ0) is 19.7. The zero-order valence-corrected chi connectivity index (χ0v) is 15.1. The first-order valence-electron chi connectivity index (χ1n) is 8.38. The van der Waals surface area contributed by atoms with Gasteiger partial charge >= 0.3 is 6.01 Å². The van der Waals surface area contributed by atoms with Gasteiger partial charge in [0.2, 0.25) is 0 Å². The molecule has 0 aliphatic carbocycles. The fourth-order valence-corrected chi connectivity index (χ4v) is 2.70. The maximum Gasteiger partial charge on any atom is 0.322 e. The van der Waals surface area contributed by atoms with E-state index in [-0.39, 0.29) is 17.7 Å². The van der Waals surface area contributed by atoms with Crippen LogP contribution in [0.15, 0.2) is 57.4 Å². The highest BCUT2D eigenvalue weighted by Gasteiger charge is 2.17. The molecule has 1 N–H and O–H groups in total. The number of rotatable bonds is 5. The SMILES string of the molecule is COc1cccc2cc(-c3nnc(NC(=O)c4ccc(C(C)=O)cc4)o3)oc12. The molecule has 0 aliphatic heterocycles. The van der Waals surface area contributed by atoms with Crippen molar-refractivity contribution in [2.24, 2.45) is 0 Å². The first kappa shape index (κ1) is 17.5. The van der Waals surface area contributed by atoms with Crippen molar-refractivity contribution in [3.05, 3.63) is 59.7 Å². The average Bonchev–Trinajstić information content (AvgIpc) is 3.34. The Kier molecular flexibility index (Phi) is 4.36. The molecule has 0 aliphatic rings. The summed E-state index contributed by atoms with van der Waals surface area (Å²) in [5, 5.41) is 11.1. The Bertz CT molecular complexity index is 1170. The van der Waals surface area contributed by atoms with Gasteiger partial charge in [0.05, 0.1) is 7.11 Å². The van der Waals surface area contributed by atoms with Crippen LogP contribution in [0.5, 0.6) is 5.75 Å². The number of Topliss-reactive ketones (excluding diaryl/α,β-unsaturated/α-hetero) is 1. The lowest BCUT2D eigenvalue weighted by molar-refractivity contribution is 0.100. The van der Waals surface area contributed by atoms with Crippen LogP contribution in [0.4, 0.5) is 6.01 Å². The van der Waals surface area contributed by atoms with Crippen molar-refractivity contribution in [1.29, 1.82) is 0 Å². The topological polar surface area (TPSA) is 107 Å². The fraction of sp³-hybridized carbons (Fsp3) is 0.100. The average molecular weight is 377 g/mol. The number of ketones is 1. The zero-order valence-electron chi connectivity index (χ0n) is 15.1. The molecule has 0 saturated heterocycles. The summed E-state index contributed by atoms with van der Waals surface area (Å²) in [6.45, 7) is 1.46. The number of carbonyl (C=O) groups excluding carboxylic acids is 2. The number of nitrogens with zero attached hydrogens (tertiary/aromatic N) is 2. The van der Waals surface area contributed by atoms with Crippen molar-refractivity contribution in [2.75, 3.05) is 12.4 Å². The monoisotopic (exact) mass is 377 g/mol. The summed E-state index contributed by atoms with van der Waals surface area (Å²) in [7, 11) is 1.56. The molecular weight excluding hydrogens is 362 g/mol. The predicted octanol–water partition coefficient (Wildman–Crippen LogP) is 3.95. The third-order valence-electron chi connectivity index (χ3n) is 4.14. The summed E-state index contributed by atoms with van der Waals surface area (Å²) >= 11 is 0. The van der Waals surface area contributed by atoms with Crippen LogP contribution < -0.4 is 10.1 Å². The fourth-order valence-electron chi connectivity index (χ4n) is 2.70. The van der Waals surface area contributed by atoms with Gasteiger partial charge in [-0.05, 0) is 31.2 Å². The van der Waals surface area contributed by atoms with Crippen molar-refractivity contribution in [2.45, 2.75) is 6.92 Å². The minimum absolute atomic E-state index is 0.0666. The number of hydrogen-bond acceptors (Lipinski definition) is 7. The molecule has 28 heavy (non-hydrogen) atoms. The standard InChI is InChI=1S/C20H15N3O5/c1-11(24)12-6-8-13(9-7-12)18(25)21-20-23-22-19(28-20)16-10-14-4-3-5-15(26-2)17(14)27-16/h3-10H,1-2H3,(H,21,23,25). The Morgan fingerprint density at radius 3 is 2.46 bits per heavy atom. The number of furan rings is 1. The summed E-state index contributed by atoms with van der Waals surface area (Å²) in [4.78, 5) is 23.6. The summed E-state index contributed by atoms with van der Waals surface area (Å²) < 4.78 is 16.5. The lowest BCUT2D eigenvalue weighted by Gasteiger charge is -2.01. The molecule has 2 aromatic heterocycles. The van der Waals surface area contributed by atoms with Crippen LogP contribution >= 0.6 is 0 Å². The smallest absolute Gasteiger partial charge is 0.322 e. The second-order valence-electron chi connectivity index (χ2n) is 5.99. The molecule has 0 atom stereocenters. The van der Waals surface area contributed by atoms with Crippen LogP contribution in [-0.2, 0) is 0 Å². The molecule has 8 heteroatoms. The van der Waals surface area contributed by atoms with Crippen molar-refractivity contribution in [3.8, 4) is 17.4 Å². The molecule has 1 amide bonds. The second-order valence-corrected chi connectivity index (χ2v) is 5.99. The van der Waals surface area contributed by atoms with Crippen molar-refractivity contribution >= 4 is 28.7 Å². The van der Waals surface area contributed by atoms with Gasteiger partial charge in [0, 0.05) is 16.5 Å². The number of aromatic nitrogens is 2. The van der Waals surface area contributed by atoms with Crippen LogP contribution in [0.25, 0.3) is 22.6 Å². The first-order chi connectivity index (χ1) is 13.5. The highest BCUT2D eigenvalue weighted by molar-refractivity contribution is 6.04. The Morgan fingerprint density at radius 2 is 1.75 bits per heavy atom. The molecule has 0 fully saturated rings. The Hall–Kier alpha value is -3.94. The maximum atomic E-state index is 12.3. The van der Waals surface area contributed by atoms with Gasteiger partial charge in [-0.2, -0.15) is 0 Å². The van der Waals surface area contributed by atoms with E-state index >= 15 is 0 Å². The number of ether oxygens (including phenoxy) is 1. The van der Waals surface area contributed by atoms with Gasteiger partial charge < -0.3 is 13.6 Å². The molecule has 0 spiro atoms. The number of fused-ring (bicyclic) bond motifs is 1. The van der Waals surface area contributed by atoms with E-state index in [0.29, 0.717) is 28.2 Å². The molecular formula is C20H15N3O5. The summed E-state index contributed by atoms with van der Waals surface area (Å²) in [5.41, 5.74) is 1.45. The lowest BCUT2D eigenvalue weighted by Crippen LogP contribution is -2.12. The first-order valence-corrected chi connectivity index (χ1v) is 8.38. The largest absolute Gasteiger partial charge is 0.493 e. The van der Waals surface area contributed by atoms with Crippen LogP contribution in [0, 0.1) is 0 Å². The Balaban J connectivity index is 1.54. The molecule has 2 heterocycles. The molecule has 0 unspecified atom stereocenters. The summed E-state index contributed by atoms with van der Waals surface area (Å²) in [6, 6.07) is 13.4. The van der Waals surface area contributed by atoms with E-state index in [4.69, 9.17) is 13.6 Å². The number of amides is 1. The number of methoxy groups -OCH3 is 1. The maximum absolute atomic E-state index is 12.3. The minimum atomic E-state index is -0.434. The van der Waals surface area contributed by atoms with E-state index in [1.54, 1.807) is 43.5 Å².